The van der Waals surface area contributed by atoms with Gasteiger partial charge in [0.05, 0.1) is 5.75 Å². The Kier molecular flexibility index (Phi) is 8.34. The molecule has 0 aliphatic heterocycles. The van der Waals surface area contributed by atoms with E-state index in [-0.39, 0.29) is 5.75 Å². The zero-order valence-corrected chi connectivity index (χ0v) is 13.3. The van der Waals surface area contributed by atoms with Crippen molar-refractivity contribution in [2.75, 3.05) is 5.75 Å². The molecule has 0 amide bonds. The van der Waals surface area contributed by atoms with Gasteiger partial charge in [0.15, 0.2) is 5.16 Å². The standard InChI is InChI=1S/C14H25N3O2S/c1-3-4-5-6-7-8-9-10-12-15-16-14(17(12)2)20-11-13(18)19/h3-11H2,1-2H3,(H,18,19). The first kappa shape index (κ1) is 17.0. The van der Waals surface area contributed by atoms with Gasteiger partial charge in [0.1, 0.15) is 5.82 Å². The fourth-order valence-electron chi connectivity index (χ4n) is 2.05. The third-order valence-corrected chi connectivity index (χ3v) is 4.26. The molecule has 1 heterocycles. The van der Waals surface area contributed by atoms with Crippen LogP contribution in [0.5, 0.6) is 0 Å². The Hall–Kier alpha value is -1.04. The fraction of sp³-hybridized carbons (Fsp3) is 0.786. The van der Waals surface area contributed by atoms with Gasteiger partial charge in [-0.3, -0.25) is 4.79 Å². The van der Waals surface area contributed by atoms with E-state index in [9.17, 15) is 4.79 Å². The minimum absolute atomic E-state index is 0.0312. The second-order valence-corrected chi connectivity index (χ2v) is 5.95. The summed E-state index contributed by atoms with van der Waals surface area (Å²) in [5.74, 6) is 0.154. The normalized spacial score (nSPS) is 10.9. The number of carbonyl (C=O) groups is 1. The number of rotatable bonds is 11. The molecule has 0 saturated carbocycles. The van der Waals surface area contributed by atoms with Crippen molar-refractivity contribution in [2.45, 2.75) is 63.4 Å². The summed E-state index contributed by atoms with van der Waals surface area (Å²) in [6, 6.07) is 0. The Balaban J connectivity index is 2.22. The molecule has 0 aliphatic rings. The van der Waals surface area contributed by atoms with E-state index in [1.807, 2.05) is 11.6 Å². The molecular formula is C14H25N3O2S. The van der Waals surface area contributed by atoms with Crippen LogP contribution in [0.3, 0.4) is 0 Å². The van der Waals surface area contributed by atoms with E-state index in [1.54, 1.807) is 0 Å². The average molecular weight is 299 g/mol. The lowest BCUT2D eigenvalue weighted by atomic mass is 10.1. The summed E-state index contributed by atoms with van der Waals surface area (Å²) < 4.78 is 1.91. The lowest BCUT2D eigenvalue weighted by molar-refractivity contribution is -0.133. The Labute approximate surface area is 125 Å². The van der Waals surface area contributed by atoms with Crippen LogP contribution in [0.4, 0.5) is 0 Å². The summed E-state index contributed by atoms with van der Waals surface area (Å²) in [6.45, 7) is 2.23. The Bertz CT molecular complexity index is 407. The van der Waals surface area contributed by atoms with E-state index >= 15 is 0 Å². The molecule has 0 aromatic carbocycles. The second kappa shape index (κ2) is 9.80. The lowest BCUT2D eigenvalue weighted by Crippen LogP contribution is -2.02. The van der Waals surface area contributed by atoms with Crippen molar-refractivity contribution in [3.05, 3.63) is 5.82 Å². The van der Waals surface area contributed by atoms with Gasteiger partial charge in [0.2, 0.25) is 0 Å². The summed E-state index contributed by atoms with van der Waals surface area (Å²) in [5, 5.41) is 17.5. The van der Waals surface area contributed by atoms with Crippen molar-refractivity contribution in [1.82, 2.24) is 14.8 Å². The number of nitrogens with zero attached hydrogens (tertiary/aromatic N) is 3. The van der Waals surface area contributed by atoms with E-state index in [0.29, 0.717) is 5.16 Å². The number of thioether (sulfide) groups is 1. The van der Waals surface area contributed by atoms with Crippen molar-refractivity contribution in [3.63, 3.8) is 0 Å². The molecule has 0 fully saturated rings. The van der Waals surface area contributed by atoms with Gasteiger partial charge in [-0.05, 0) is 6.42 Å². The topological polar surface area (TPSA) is 68.0 Å². The number of aryl methyl sites for hydroxylation is 1. The second-order valence-electron chi connectivity index (χ2n) is 5.01. The van der Waals surface area contributed by atoms with Gasteiger partial charge in [0, 0.05) is 13.5 Å². The molecule has 0 bridgehead atoms. The Morgan fingerprint density at radius 2 is 1.80 bits per heavy atom. The molecule has 1 rings (SSSR count). The highest BCUT2D eigenvalue weighted by Gasteiger charge is 2.10. The number of hydrogen-bond acceptors (Lipinski definition) is 4. The minimum Gasteiger partial charge on any atom is -0.481 e. The van der Waals surface area contributed by atoms with E-state index in [2.05, 4.69) is 17.1 Å². The number of unbranched alkanes of at least 4 members (excludes halogenated alkanes) is 6. The maximum absolute atomic E-state index is 10.5. The number of carboxylic acid groups (broad SMARTS) is 1. The summed E-state index contributed by atoms with van der Waals surface area (Å²) in [7, 11) is 1.90. The maximum Gasteiger partial charge on any atom is 0.313 e. The highest BCUT2D eigenvalue weighted by molar-refractivity contribution is 7.99. The first-order chi connectivity index (χ1) is 9.65. The lowest BCUT2D eigenvalue weighted by Gasteiger charge is -2.03. The van der Waals surface area contributed by atoms with Gasteiger partial charge in [0.25, 0.3) is 0 Å². The predicted molar refractivity (Wildman–Crippen MR) is 81.1 cm³/mol. The molecule has 1 aromatic rings. The smallest absolute Gasteiger partial charge is 0.313 e. The molecule has 5 nitrogen and oxygen atoms in total. The molecular weight excluding hydrogens is 274 g/mol. The average Bonchev–Trinajstić information content (AvgIpc) is 2.76. The van der Waals surface area contributed by atoms with Crippen LogP contribution in [-0.2, 0) is 18.3 Å². The minimum atomic E-state index is -0.827. The number of aliphatic carboxylic acids is 1. The Morgan fingerprint density at radius 1 is 1.15 bits per heavy atom. The highest BCUT2D eigenvalue weighted by Crippen LogP contribution is 2.16. The van der Waals surface area contributed by atoms with Gasteiger partial charge in [-0.15, -0.1) is 10.2 Å². The van der Waals surface area contributed by atoms with Crippen LogP contribution in [0, 0.1) is 0 Å². The van der Waals surface area contributed by atoms with Crippen molar-refractivity contribution in [2.24, 2.45) is 7.05 Å². The van der Waals surface area contributed by atoms with Crippen molar-refractivity contribution < 1.29 is 9.90 Å². The molecule has 1 N–H and O–H groups in total. The summed E-state index contributed by atoms with van der Waals surface area (Å²) >= 11 is 1.22. The fourth-order valence-corrected chi connectivity index (χ4v) is 2.71. The van der Waals surface area contributed by atoms with Gasteiger partial charge in [-0.1, -0.05) is 57.2 Å². The van der Waals surface area contributed by atoms with Crippen molar-refractivity contribution in [1.29, 1.82) is 0 Å². The summed E-state index contributed by atoms with van der Waals surface area (Å²) in [4.78, 5) is 10.5. The molecule has 0 spiro atoms. The van der Waals surface area contributed by atoms with Gasteiger partial charge in [-0.25, -0.2) is 0 Å². The molecule has 0 unspecified atom stereocenters. The van der Waals surface area contributed by atoms with E-state index < -0.39 is 5.97 Å². The predicted octanol–water partition coefficient (Wildman–Crippen LogP) is 3.28. The summed E-state index contributed by atoms with van der Waals surface area (Å²) in [6.07, 6.45) is 9.87. The summed E-state index contributed by atoms with van der Waals surface area (Å²) in [5.41, 5.74) is 0. The van der Waals surface area contributed by atoms with Crippen LogP contribution in [0.15, 0.2) is 5.16 Å². The van der Waals surface area contributed by atoms with Gasteiger partial charge < -0.3 is 9.67 Å². The van der Waals surface area contributed by atoms with E-state index in [1.165, 1.54) is 50.3 Å². The van der Waals surface area contributed by atoms with E-state index in [0.717, 1.165) is 18.7 Å². The Morgan fingerprint density at radius 3 is 2.45 bits per heavy atom. The zero-order chi connectivity index (χ0) is 14.8. The SMILES string of the molecule is CCCCCCCCCc1nnc(SCC(=O)O)n1C. The molecule has 0 radical (unpaired) electrons. The molecule has 0 aliphatic carbocycles. The number of aromatic nitrogens is 3. The molecule has 114 valence electrons. The van der Waals surface area contributed by atoms with Gasteiger partial charge >= 0.3 is 5.97 Å². The first-order valence-corrected chi connectivity index (χ1v) is 8.36. The number of carboxylic acids is 1. The highest BCUT2D eigenvalue weighted by atomic mass is 32.2. The molecule has 1 aromatic heterocycles. The quantitative estimate of drug-likeness (QED) is 0.501. The van der Waals surface area contributed by atoms with Crippen LogP contribution in [0.1, 0.15) is 57.7 Å². The van der Waals surface area contributed by atoms with Crippen molar-refractivity contribution in [3.8, 4) is 0 Å². The zero-order valence-electron chi connectivity index (χ0n) is 12.5. The third kappa shape index (κ3) is 6.41. The number of hydrogen-bond donors (Lipinski definition) is 1. The largest absolute Gasteiger partial charge is 0.481 e. The monoisotopic (exact) mass is 299 g/mol. The van der Waals surface area contributed by atoms with Crippen LogP contribution in [0.25, 0.3) is 0 Å². The maximum atomic E-state index is 10.5. The molecule has 0 atom stereocenters. The van der Waals surface area contributed by atoms with Crippen LogP contribution in [-0.4, -0.2) is 31.6 Å². The van der Waals surface area contributed by atoms with Crippen LogP contribution >= 0.6 is 11.8 Å². The molecule has 6 heteroatoms. The first-order valence-electron chi connectivity index (χ1n) is 7.38. The van der Waals surface area contributed by atoms with Gasteiger partial charge in [-0.2, -0.15) is 0 Å². The molecule has 20 heavy (non-hydrogen) atoms. The van der Waals surface area contributed by atoms with Crippen LogP contribution < -0.4 is 0 Å². The van der Waals surface area contributed by atoms with E-state index in [4.69, 9.17) is 5.11 Å². The third-order valence-electron chi connectivity index (χ3n) is 3.25. The molecule has 0 saturated heterocycles. The van der Waals surface area contributed by atoms with Crippen molar-refractivity contribution >= 4 is 17.7 Å². The van der Waals surface area contributed by atoms with Crippen LogP contribution in [0.2, 0.25) is 0 Å².